The lowest BCUT2D eigenvalue weighted by Crippen LogP contribution is -2.43. The molecule has 5 aromatic rings. The highest BCUT2D eigenvalue weighted by atomic mass is 16.2. The molecule has 5 rings (SSSR count). The fourth-order valence-electron chi connectivity index (χ4n) is 3.41. The van der Waals surface area contributed by atoms with E-state index in [0.717, 1.165) is 5.52 Å². The van der Waals surface area contributed by atoms with Crippen LogP contribution in [0, 0.1) is 0 Å². The quantitative estimate of drug-likeness (QED) is 0.429. The zero-order chi connectivity index (χ0) is 21.9. The Morgan fingerprint density at radius 1 is 0.844 bits per heavy atom. The Hall–Kier alpha value is -4.66. The molecule has 0 radical (unpaired) electrons. The Morgan fingerprint density at radius 3 is 2.47 bits per heavy atom. The highest BCUT2D eigenvalue weighted by Gasteiger charge is 2.16. The average Bonchev–Trinajstić information content (AvgIpc) is 3.25. The van der Waals surface area contributed by atoms with Gasteiger partial charge in [0.2, 0.25) is 0 Å². The zero-order valence-corrected chi connectivity index (χ0v) is 16.8. The van der Waals surface area contributed by atoms with Gasteiger partial charge in [-0.1, -0.05) is 41.6 Å². The molecule has 0 aliphatic carbocycles. The molecule has 156 valence electrons. The molecular formula is C23H17N7O2. The molecule has 0 aliphatic heterocycles. The van der Waals surface area contributed by atoms with Gasteiger partial charge in [0.1, 0.15) is 12.1 Å². The molecule has 2 N–H and O–H groups in total. The number of aromatic nitrogens is 5. The minimum Gasteiger partial charge on any atom is -0.271 e. The van der Waals surface area contributed by atoms with Crippen molar-refractivity contribution in [1.82, 2.24) is 35.8 Å². The summed E-state index contributed by atoms with van der Waals surface area (Å²) in [6, 6.07) is 21.8. The number of amides is 2. The van der Waals surface area contributed by atoms with Crippen LogP contribution in [-0.4, -0.2) is 36.8 Å². The lowest BCUT2D eigenvalue weighted by molar-refractivity contribution is -0.122. The van der Waals surface area contributed by atoms with Crippen LogP contribution in [0.25, 0.3) is 33.3 Å². The molecule has 32 heavy (non-hydrogen) atoms. The van der Waals surface area contributed by atoms with Crippen LogP contribution in [0.1, 0.15) is 10.4 Å². The summed E-state index contributed by atoms with van der Waals surface area (Å²) in [5.41, 5.74) is 8.59. The van der Waals surface area contributed by atoms with E-state index in [9.17, 15) is 9.59 Å². The van der Waals surface area contributed by atoms with E-state index in [1.807, 2.05) is 66.7 Å². The minimum atomic E-state index is -0.461. The highest BCUT2D eigenvalue weighted by molar-refractivity contribution is 6.07. The van der Waals surface area contributed by atoms with Crippen molar-refractivity contribution in [2.75, 3.05) is 0 Å². The first-order valence-corrected chi connectivity index (χ1v) is 9.87. The Bertz CT molecular complexity index is 1450. The number of benzene rings is 2. The number of para-hydroxylation sites is 2. The van der Waals surface area contributed by atoms with Crippen molar-refractivity contribution in [3.05, 3.63) is 84.6 Å². The van der Waals surface area contributed by atoms with Crippen LogP contribution < -0.4 is 10.9 Å². The fourth-order valence-corrected chi connectivity index (χ4v) is 3.41. The number of hydrogen-bond acceptors (Lipinski definition) is 6. The minimum absolute atomic E-state index is 0.0862. The molecule has 0 spiro atoms. The molecule has 0 unspecified atom stereocenters. The molecular weight excluding hydrogens is 406 g/mol. The number of nitrogens with zero attached hydrogens (tertiary/aromatic N) is 5. The number of pyridine rings is 2. The monoisotopic (exact) mass is 423 g/mol. The second-order valence-corrected chi connectivity index (χ2v) is 7.03. The van der Waals surface area contributed by atoms with Crippen LogP contribution in [-0.2, 0) is 11.3 Å². The van der Waals surface area contributed by atoms with Crippen molar-refractivity contribution in [2.24, 2.45) is 0 Å². The van der Waals surface area contributed by atoms with Crippen LogP contribution in [0.5, 0.6) is 0 Å². The maximum Gasteiger partial charge on any atom is 0.270 e. The molecule has 0 fully saturated rings. The van der Waals surface area contributed by atoms with Gasteiger partial charge < -0.3 is 0 Å². The van der Waals surface area contributed by atoms with Gasteiger partial charge >= 0.3 is 0 Å². The van der Waals surface area contributed by atoms with Gasteiger partial charge in [0.15, 0.2) is 0 Å². The van der Waals surface area contributed by atoms with Gasteiger partial charge in [-0.3, -0.25) is 25.4 Å². The average molecular weight is 423 g/mol. The standard InChI is InChI=1S/C23H17N7O2/c31-22(14-30-21-11-4-3-10-19(21)26-29-30)27-28-23(32)16-13-20(18-9-5-6-12-24-18)25-17-8-2-1-7-15(16)17/h1-13H,14H2,(H,27,31)(H,28,32). The first-order chi connectivity index (χ1) is 15.7. The summed E-state index contributed by atoms with van der Waals surface area (Å²) in [5.74, 6) is -0.894. The lowest BCUT2D eigenvalue weighted by Gasteiger charge is -2.11. The highest BCUT2D eigenvalue weighted by Crippen LogP contribution is 2.23. The van der Waals surface area contributed by atoms with Gasteiger partial charge in [-0.2, -0.15) is 0 Å². The topological polar surface area (TPSA) is 115 Å². The summed E-state index contributed by atoms with van der Waals surface area (Å²) in [6.45, 7) is -0.0862. The van der Waals surface area contributed by atoms with E-state index in [0.29, 0.717) is 33.4 Å². The van der Waals surface area contributed by atoms with Crippen molar-refractivity contribution in [3.8, 4) is 11.4 Å². The molecule has 0 saturated heterocycles. The van der Waals surface area contributed by atoms with E-state index in [4.69, 9.17) is 0 Å². The van der Waals surface area contributed by atoms with E-state index < -0.39 is 11.8 Å². The molecule has 3 aromatic heterocycles. The van der Waals surface area contributed by atoms with Gasteiger partial charge in [-0.05, 0) is 36.4 Å². The van der Waals surface area contributed by atoms with Gasteiger partial charge in [0, 0.05) is 11.6 Å². The lowest BCUT2D eigenvalue weighted by atomic mass is 10.1. The van der Waals surface area contributed by atoms with Crippen molar-refractivity contribution in [2.45, 2.75) is 6.54 Å². The summed E-state index contributed by atoms with van der Waals surface area (Å²) in [7, 11) is 0. The molecule has 0 saturated carbocycles. The Kier molecular flexibility index (Phi) is 4.97. The van der Waals surface area contributed by atoms with Gasteiger partial charge in [0.25, 0.3) is 11.8 Å². The Balaban J connectivity index is 1.37. The van der Waals surface area contributed by atoms with Crippen LogP contribution in [0.15, 0.2) is 79.0 Å². The normalized spacial score (nSPS) is 10.9. The second kappa shape index (κ2) is 8.23. The maximum absolute atomic E-state index is 13.0. The number of carbonyl (C=O) groups is 2. The third kappa shape index (κ3) is 3.74. The molecule has 2 aromatic carbocycles. The number of rotatable bonds is 4. The smallest absolute Gasteiger partial charge is 0.270 e. The summed E-state index contributed by atoms with van der Waals surface area (Å²) in [4.78, 5) is 34.3. The maximum atomic E-state index is 13.0. The SMILES string of the molecule is O=C(Cn1nnc2ccccc21)NNC(=O)c1cc(-c2ccccn2)nc2ccccc12. The number of hydrazine groups is 1. The third-order valence-corrected chi connectivity index (χ3v) is 4.92. The van der Waals surface area contributed by atoms with Gasteiger partial charge in [0.05, 0.1) is 28.0 Å². The van der Waals surface area contributed by atoms with Crippen molar-refractivity contribution >= 4 is 33.8 Å². The van der Waals surface area contributed by atoms with E-state index in [1.165, 1.54) is 4.68 Å². The second-order valence-electron chi connectivity index (χ2n) is 7.03. The summed E-state index contributed by atoms with van der Waals surface area (Å²) >= 11 is 0. The van der Waals surface area contributed by atoms with Gasteiger partial charge in [-0.25, -0.2) is 9.67 Å². The van der Waals surface area contributed by atoms with E-state index >= 15 is 0 Å². The summed E-state index contributed by atoms with van der Waals surface area (Å²) < 4.78 is 1.47. The molecule has 0 atom stereocenters. The zero-order valence-electron chi connectivity index (χ0n) is 16.8. The van der Waals surface area contributed by atoms with Crippen molar-refractivity contribution in [3.63, 3.8) is 0 Å². The number of nitrogens with one attached hydrogen (secondary N) is 2. The molecule has 2 amide bonds. The Morgan fingerprint density at radius 2 is 1.62 bits per heavy atom. The van der Waals surface area contributed by atoms with Crippen LogP contribution in [0.3, 0.4) is 0 Å². The number of hydrogen-bond donors (Lipinski definition) is 2. The molecule has 0 bridgehead atoms. The third-order valence-electron chi connectivity index (χ3n) is 4.92. The van der Waals surface area contributed by atoms with Crippen LogP contribution in [0.4, 0.5) is 0 Å². The predicted molar refractivity (Wildman–Crippen MR) is 118 cm³/mol. The van der Waals surface area contributed by atoms with E-state index in [-0.39, 0.29) is 6.54 Å². The molecule has 9 nitrogen and oxygen atoms in total. The van der Waals surface area contributed by atoms with Crippen molar-refractivity contribution < 1.29 is 9.59 Å². The largest absolute Gasteiger partial charge is 0.271 e. The number of fused-ring (bicyclic) bond motifs is 2. The fraction of sp³-hybridized carbons (Fsp3) is 0.0435. The molecule has 3 heterocycles. The first kappa shape index (κ1) is 19.3. The number of carbonyl (C=O) groups excluding carboxylic acids is 2. The van der Waals surface area contributed by atoms with E-state index in [1.54, 1.807) is 12.3 Å². The molecule has 0 aliphatic rings. The van der Waals surface area contributed by atoms with E-state index in [2.05, 4.69) is 31.1 Å². The molecule has 9 heteroatoms. The summed E-state index contributed by atoms with van der Waals surface area (Å²) in [6.07, 6.45) is 1.67. The predicted octanol–water partition coefficient (Wildman–Crippen LogP) is 2.50. The first-order valence-electron chi connectivity index (χ1n) is 9.87. The Labute approximate surface area is 182 Å². The van der Waals surface area contributed by atoms with Crippen molar-refractivity contribution in [1.29, 1.82) is 0 Å². The van der Waals surface area contributed by atoms with Gasteiger partial charge in [-0.15, -0.1) is 5.10 Å². The van der Waals surface area contributed by atoms with Crippen LogP contribution in [0.2, 0.25) is 0 Å². The summed E-state index contributed by atoms with van der Waals surface area (Å²) in [5, 5.41) is 8.67. The van der Waals surface area contributed by atoms with Crippen LogP contribution >= 0.6 is 0 Å².